The molecule has 1 heterocycles. The zero-order valence-corrected chi connectivity index (χ0v) is 15.9. The lowest BCUT2D eigenvalue weighted by Gasteiger charge is -2.09. The van der Waals surface area contributed by atoms with Gasteiger partial charge in [0.2, 0.25) is 0 Å². The van der Waals surface area contributed by atoms with Gasteiger partial charge in [-0.15, -0.1) is 0 Å². The van der Waals surface area contributed by atoms with Crippen molar-refractivity contribution in [3.63, 3.8) is 0 Å². The van der Waals surface area contributed by atoms with Crippen LogP contribution in [0.25, 0.3) is 22.1 Å². The Morgan fingerprint density at radius 2 is 1.61 bits per heavy atom. The summed E-state index contributed by atoms with van der Waals surface area (Å²) in [5.74, 6) is 0.674. The summed E-state index contributed by atoms with van der Waals surface area (Å²) in [6.07, 6.45) is 0. The minimum atomic E-state index is -0.361. The van der Waals surface area contributed by atoms with Crippen molar-refractivity contribution in [2.75, 3.05) is 7.11 Å². The number of aliphatic hydroxyl groups is 1. The molecular formula is C24H22O4. The molecule has 4 rings (SSSR count). The molecule has 4 aromatic rings. The van der Waals surface area contributed by atoms with Crippen LogP contribution in [0.2, 0.25) is 0 Å². The van der Waals surface area contributed by atoms with Crippen molar-refractivity contribution in [2.45, 2.75) is 13.5 Å². The van der Waals surface area contributed by atoms with Crippen LogP contribution in [0.1, 0.15) is 11.1 Å². The molecule has 142 valence electrons. The van der Waals surface area contributed by atoms with E-state index in [1.165, 1.54) is 17.2 Å². The summed E-state index contributed by atoms with van der Waals surface area (Å²) in [6.45, 7) is 2.53. The molecule has 1 aromatic heterocycles. The molecule has 0 unspecified atom stereocenters. The quantitative estimate of drug-likeness (QED) is 0.513. The van der Waals surface area contributed by atoms with Gasteiger partial charge in [0, 0.05) is 24.6 Å². The fourth-order valence-corrected chi connectivity index (χ4v) is 2.88. The lowest BCUT2D eigenvalue weighted by Crippen LogP contribution is -1.97. The predicted octanol–water partition coefficient (Wildman–Crippen LogP) is 4.96. The van der Waals surface area contributed by atoms with Crippen molar-refractivity contribution in [2.24, 2.45) is 0 Å². The van der Waals surface area contributed by atoms with Crippen LogP contribution in [-0.4, -0.2) is 12.2 Å². The maximum atomic E-state index is 11.4. The normalized spacial score (nSPS) is 10.2. The molecule has 0 bridgehead atoms. The van der Waals surface area contributed by atoms with Gasteiger partial charge in [0.25, 0.3) is 0 Å². The highest BCUT2D eigenvalue weighted by molar-refractivity contribution is 5.77. The number of hydrogen-bond acceptors (Lipinski definition) is 4. The van der Waals surface area contributed by atoms with Crippen LogP contribution >= 0.6 is 0 Å². The van der Waals surface area contributed by atoms with Gasteiger partial charge in [-0.3, -0.25) is 0 Å². The van der Waals surface area contributed by atoms with Crippen LogP contribution in [0.3, 0.4) is 0 Å². The van der Waals surface area contributed by atoms with Gasteiger partial charge >= 0.3 is 5.63 Å². The van der Waals surface area contributed by atoms with Crippen LogP contribution < -0.4 is 10.4 Å². The molecule has 4 heteroatoms. The van der Waals surface area contributed by atoms with Crippen molar-refractivity contribution in [3.05, 3.63) is 100 Å². The van der Waals surface area contributed by atoms with Crippen LogP contribution in [0.5, 0.6) is 5.75 Å². The van der Waals surface area contributed by atoms with Gasteiger partial charge in [-0.25, -0.2) is 4.79 Å². The van der Waals surface area contributed by atoms with E-state index in [9.17, 15) is 4.79 Å². The number of benzene rings is 3. The number of hydrogen-bond donors (Lipinski definition) is 1. The fourth-order valence-electron chi connectivity index (χ4n) is 2.88. The first-order valence-electron chi connectivity index (χ1n) is 8.95. The van der Waals surface area contributed by atoms with Crippen molar-refractivity contribution < 1.29 is 14.3 Å². The topological polar surface area (TPSA) is 59.7 Å². The molecule has 0 amide bonds. The summed E-state index contributed by atoms with van der Waals surface area (Å²) in [6, 6.07) is 25.5. The largest absolute Gasteiger partial charge is 0.489 e. The second-order valence-electron chi connectivity index (χ2n) is 6.31. The number of ether oxygens (including phenoxy) is 1. The number of aryl methyl sites for hydroxylation is 1. The Morgan fingerprint density at radius 3 is 2.39 bits per heavy atom. The molecular weight excluding hydrogens is 352 g/mol. The molecule has 28 heavy (non-hydrogen) atoms. The highest BCUT2D eigenvalue weighted by Crippen LogP contribution is 2.23. The lowest BCUT2D eigenvalue weighted by atomic mass is 10.0. The molecule has 0 spiro atoms. The van der Waals surface area contributed by atoms with E-state index in [2.05, 4.69) is 43.3 Å². The molecule has 0 saturated heterocycles. The van der Waals surface area contributed by atoms with Gasteiger partial charge in [-0.2, -0.15) is 0 Å². The zero-order chi connectivity index (χ0) is 19.9. The van der Waals surface area contributed by atoms with Gasteiger partial charge in [0.1, 0.15) is 17.9 Å². The molecule has 0 aliphatic carbocycles. The predicted molar refractivity (Wildman–Crippen MR) is 112 cm³/mol. The summed E-state index contributed by atoms with van der Waals surface area (Å²) >= 11 is 0. The number of aliphatic hydroxyl groups excluding tert-OH is 1. The molecule has 0 aliphatic heterocycles. The monoisotopic (exact) mass is 374 g/mol. The van der Waals surface area contributed by atoms with Crippen LogP contribution in [0.4, 0.5) is 0 Å². The molecule has 3 aromatic carbocycles. The van der Waals surface area contributed by atoms with E-state index in [-0.39, 0.29) is 5.63 Å². The lowest BCUT2D eigenvalue weighted by molar-refractivity contribution is 0.306. The van der Waals surface area contributed by atoms with Crippen molar-refractivity contribution in [1.29, 1.82) is 0 Å². The molecule has 0 aliphatic rings. The van der Waals surface area contributed by atoms with Crippen LogP contribution in [-0.2, 0) is 6.61 Å². The van der Waals surface area contributed by atoms with Crippen molar-refractivity contribution in [1.82, 2.24) is 0 Å². The summed E-state index contributed by atoms with van der Waals surface area (Å²) < 4.78 is 11.1. The summed E-state index contributed by atoms with van der Waals surface area (Å²) in [5, 5.41) is 7.87. The molecule has 4 nitrogen and oxygen atoms in total. The molecule has 1 N–H and O–H groups in total. The maximum absolute atomic E-state index is 11.4. The van der Waals surface area contributed by atoms with E-state index >= 15 is 0 Å². The van der Waals surface area contributed by atoms with Gasteiger partial charge in [0.05, 0.1) is 0 Å². The average Bonchev–Trinajstić information content (AvgIpc) is 2.74. The van der Waals surface area contributed by atoms with E-state index in [4.69, 9.17) is 14.3 Å². The number of rotatable bonds is 4. The third-order valence-corrected chi connectivity index (χ3v) is 4.31. The molecule has 0 fully saturated rings. The first kappa shape index (κ1) is 19.4. The third kappa shape index (κ3) is 4.67. The van der Waals surface area contributed by atoms with E-state index in [1.54, 1.807) is 12.1 Å². The number of fused-ring (bicyclic) bond motifs is 1. The minimum Gasteiger partial charge on any atom is -0.489 e. The Hall–Kier alpha value is -3.37. The molecule has 0 radical (unpaired) electrons. The third-order valence-electron chi connectivity index (χ3n) is 4.31. The second-order valence-corrected chi connectivity index (χ2v) is 6.31. The Morgan fingerprint density at radius 1 is 0.857 bits per heavy atom. The SMILES string of the molecule is CO.Cc1ccc(-c2cccc(COc3ccc4ccc(=O)oc4c3)c2)cc1. The summed E-state index contributed by atoms with van der Waals surface area (Å²) in [4.78, 5) is 11.4. The van der Waals surface area contributed by atoms with Crippen LogP contribution in [0.15, 0.2) is 88.1 Å². The van der Waals surface area contributed by atoms with Gasteiger partial charge in [-0.1, -0.05) is 48.0 Å². The Bertz CT molecular complexity index is 1110. The molecule has 0 saturated carbocycles. The highest BCUT2D eigenvalue weighted by atomic mass is 16.5. The minimum absolute atomic E-state index is 0.361. The highest BCUT2D eigenvalue weighted by Gasteiger charge is 2.03. The van der Waals surface area contributed by atoms with E-state index < -0.39 is 0 Å². The molecule has 0 atom stereocenters. The van der Waals surface area contributed by atoms with Crippen molar-refractivity contribution in [3.8, 4) is 16.9 Å². The van der Waals surface area contributed by atoms with E-state index in [0.29, 0.717) is 17.9 Å². The standard InChI is InChI=1S/C23H18O3.CH4O/c1-16-5-7-18(8-6-16)20-4-2-3-17(13-20)15-25-21-11-9-19-10-12-23(24)26-22(19)14-21;1-2/h2-14H,15H2,1H3;2H,1H3. The Balaban J connectivity index is 0.00000109. The van der Waals surface area contributed by atoms with Gasteiger partial charge in [-0.05, 0) is 47.9 Å². The van der Waals surface area contributed by atoms with E-state index in [0.717, 1.165) is 23.6 Å². The zero-order valence-electron chi connectivity index (χ0n) is 15.9. The first-order valence-corrected chi connectivity index (χ1v) is 8.95. The summed E-state index contributed by atoms with van der Waals surface area (Å²) in [7, 11) is 1.00. The first-order chi connectivity index (χ1) is 13.7. The van der Waals surface area contributed by atoms with Crippen LogP contribution in [0, 0.1) is 6.92 Å². The average molecular weight is 374 g/mol. The maximum Gasteiger partial charge on any atom is 0.336 e. The van der Waals surface area contributed by atoms with Crippen molar-refractivity contribution >= 4 is 11.0 Å². The Kier molecular flexibility index (Phi) is 6.25. The van der Waals surface area contributed by atoms with Gasteiger partial charge in [0.15, 0.2) is 0 Å². The van der Waals surface area contributed by atoms with E-state index in [1.807, 2.05) is 24.3 Å². The Labute approximate surface area is 163 Å². The van der Waals surface area contributed by atoms with Gasteiger partial charge < -0.3 is 14.3 Å². The smallest absolute Gasteiger partial charge is 0.336 e. The summed E-state index contributed by atoms with van der Waals surface area (Å²) in [5.41, 5.74) is 4.85. The second kappa shape index (κ2) is 9.02. The fraction of sp³-hybridized carbons (Fsp3) is 0.125.